The van der Waals surface area contributed by atoms with Crippen molar-refractivity contribution in [2.24, 2.45) is 0 Å². The lowest BCUT2D eigenvalue weighted by Crippen LogP contribution is -2.04. The summed E-state index contributed by atoms with van der Waals surface area (Å²) < 4.78 is 14.0. The lowest BCUT2D eigenvalue weighted by Gasteiger charge is -2.06. The number of rotatable bonds is 1. The fourth-order valence-corrected chi connectivity index (χ4v) is 2.77. The molecule has 3 aromatic rings. The summed E-state index contributed by atoms with van der Waals surface area (Å²) in [5.74, 6) is -0.394. The van der Waals surface area contributed by atoms with Crippen LogP contribution in [-0.2, 0) is 0 Å². The molecule has 0 saturated carbocycles. The average molecular weight is 365 g/mol. The maximum Gasteiger partial charge on any atom is 0.190 e. The van der Waals surface area contributed by atoms with Crippen molar-refractivity contribution in [2.75, 3.05) is 0 Å². The second kappa shape index (κ2) is 4.77. The Morgan fingerprint density at radius 1 is 1.05 bits per heavy atom. The molecule has 0 spiro atoms. The van der Waals surface area contributed by atoms with Crippen LogP contribution in [0, 0.1) is 9.39 Å². The lowest BCUT2D eigenvalue weighted by molar-refractivity contribution is 0.628. The number of pyridine rings is 1. The van der Waals surface area contributed by atoms with E-state index in [4.69, 9.17) is 0 Å². The maximum absolute atomic E-state index is 13.3. The first kappa shape index (κ1) is 12.3. The summed E-state index contributed by atoms with van der Waals surface area (Å²) in [6.45, 7) is 0. The molecule has 0 amide bonds. The van der Waals surface area contributed by atoms with Crippen LogP contribution in [0.4, 0.5) is 4.39 Å². The number of fused-ring (bicyclic) bond motifs is 1. The van der Waals surface area contributed by atoms with Crippen LogP contribution >= 0.6 is 22.6 Å². The molecule has 1 N–H and O–H groups in total. The number of hydrogen-bond donors (Lipinski definition) is 1. The number of H-pyrrole nitrogens is 1. The average Bonchev–Trinajstić information content (AvgIpc) is 2.41. The maximum atomic E-state index is 13.3. The molecular formula is C15H9FINO. The highest BCUT2D eigenvalue weighted by atomic mass is 127. The minimum Gasteiger partial charge on any atom is -0.353 e. The normalized spacial score (nSPS) is 10.8. The molecule has 19 heavy (non-hydrogen) atoms. The van der Waals surface area contributed by atoms with Gasteiger partial charge >= 0.3 is 0 Å². The van der Waals surface area contributed by atoms with Gasteiger partial charge in [-0.25, -0.2) is 4.39 Å². The summed E-state index contributed by atoms with van der Waals surface area (Å²) in [5.41, 5.74) is 2.17. The molecule has 0 bridgehead atoms. The number of nitrogens with one attached hydrogen (secondary N) is 1. The zero-order chi connectivity index (χ0) is 13.4. The predicted molar refractivity (Wildman–Crippen MR) is 82.7 cm³/mol. The minimum atomic E-state index is -0.394. The van der Waals surface area contributed by atoms with Crippen LogP contribution in [-0.4, -0.2) is 4.98 Å². The molecule has 1 aromatic heterocycles. The topological polar surface area (TPSA) is 32.9 Å². The second-order valence-corrected chi connectivity index (χ2v) is 5.39. The Labute approximate surface area is 122 Å². The van der Waals surface area contributed by atoms with Gasteiger partial charge in [0, 0.05) is 20.7 Å². The standard InChI is InChI=1S/C15H9FINO/c16-10-6-11-14(19)8-13(9-4-2-1-3-5-9)18-15(11)12(17)7-10/h1-8H,(H,18,19). The quantitative estimate of drug-likeness (QED) is 0.651. The fourth-order valence-electron chi connectivity index (χ4n) is 2.05. The lowest BCUT2D eigenvalue weighted by atomic mass is 10.1. The van der Waals surface area contributed by atoms with Crippen molar-refractivity contribution in [1.82, 2.24) is 4.98 Å². The Hall–Kier alpha value is -1.69. The van der Waals surface area contributed by atoms with E-state index in [1.807, 2.05) is 52.9 Å². The van der Waals surface area contributed by atoms with Gasteiger partial charge in [0.05, 0.1) is 5.52 Å². The molecule has 3 rings (SSSR count). The minimum absolute atomic E-state index is 0.176. The summed E-state index contributed by atoms with van der Waals surface area (Å²) in [6.07, 6.45) is 0. The van der Waals surface area contributed by atoms with Gasteiger partial charge < -0.3 is 4.98 Å². The summed E-state index contributed by atoms with van der Waals surface area (Å²) in [4.78, 5) is 15.3. The van der Waals surface area contributed by atoms with Gasteiger partial charge in [0.25, 0.3) is 0 Å². The third-order valence-corrected chi connectivity index (χ3v) is 3.79. The van der Waals surface area contributed by atoms with Gasteiger partial charge in [-0.15, -0.1) is 0 Å². The van der Waals surface area contributed by atoms with Gasteiger partial charge in [-0.05, 0) is 40.3 Å². The van der Waals surface area contributed by atoms with Crippen molar-refractivity contribution in [2.45, 2.75) is 0 Å². The van der Waals surface area contributed by atoms with Crippen molar-refractivity contribution < 1.29 is 4.39 Å². The van der Waals surface area contributed by atoms with Gasteiger partial charge in [-0.3, -0.25) is 4.79 Å². The van der Waals surface area contributed by atoms with Gasteiger partial charge in [0.2, 0.25) is 0 Å². The Morgan fingerprint density at radius 3 is 2.53 bits per heavy atom. The Morgan fingerprint density at radius 2 is 1.79 bits per heavy atom. The highest BCUT2D eigenvalue weighted by Gasteiger charge is 2.08. The van der Waals surface area contributed by atoms with Crippen LogP contribution in [0.2, 0.25) is 0 Å². The summed E-state index contributed by atoms with van der Waals surface area (Å²) in [5, 5.41) is 0.379. The van der Waals surface area contributed by atoms with Crippen LogP contribution < -0.4 is 5.43 Å². The molecule has 0 aliphatic carbocycles. The van der Waals surface area contributed by atoms with Gasteiger partial charge in [-0.2, -0.15) is 0 Å². The second-order valence-electron chi connectivity index (χ2n) is 4.22. The first-order valence-corrected chi connectivity index (χ1v) is 6.80. The highest BCUT2D eigenvalue weighted by Crippen LogP contribution is 2.22. The van der Waals surface area contributed by atoms with Crippen LogP contribution in [0.1, 0.15) is 0 Å². The van der Waals surface area contributed by atoms with Gasteiger partial charge in [0.1, 0.15) is 5.82 Å². The number of hydrogen-bond acceptors (Lipinski definition) is 1. The van der Waals surface area contributed by atoms with Crippen molar-refractivity contribution >= 4 is 33.5 Å². The van der Waals surface area contributed by atoms with E-state index in [0.29, 0.717) is 14.5 Å². The Kier molecular flexibility index (Phi) is 3.10. The van der Waals surface area contributed by atoms with E-state index in [0.717, 1.165) is 11.3 Å². The highest BCUT2D eigenvalue weighted by molar-refractivity contribution is 14.1. The zero-order valence-corrected chi connectivity index (χ0v) is 11.9. The van der Waals surface area contributed by atoms with Gasteiger partial charge in [0.15, 0.2) is 5.43 Å². The molecule has 2 aromatic carbocycles. The molecule has 94 valence electrons. The number of benzene rings is 2. The molecule has 4 heteroatoms. The molecule has 0 aliphatic heterocycles. The van der Waals surface area contributed by atoms with E-state index in [1.165, 1.54) is 18.2 Å². The molecule has 0 unspecified atom stereocenters. The monoisotopic (exact) mass is 365 g/mol. The van der Waals surface area contributed by atoms with Crippen LogP contribution in [0.5, 0.6) is 0 Å². The Bertz CT molecular complexity index is 811. The van der Waals surface area contributed by atoms with Crippen molar-refractivity contribution in [3.05, 3.63) is 68.1 Å². The molecule has 1 heterocycles. The summed E-state index contributed by atoms with van der Waals surface area (Å²) >= 11 is 2.03. The number of halogens is 2. The van der Waals surface area contributed by atoms with Crippen molar-refractivity contribution in [3.8, 4) is 11.3 Å². The van der Waals surface area contributed by atoms with E-state index < -0.39 is 5.82 Å². The molecular weight excluding hydrogens is 356 g/mol. The van der Waals surface area contributed by atoms with Crippen molar-refractivity contribution in [1.29, 1.82) is 0 Å². The molecule has 0 saturated heterocycles. The third-order valence-electron chi connectivity index (χ3n) is 2.94. The van der Waals surface area contributed by atoms with Crippen LogP contribution in [0.15, 0.2) is 53.3 Å². The first-order valence-electron chi connectivity index (χ1n) is 5.72. The first-order chi connectivity index (χ1) is 9.15. The van der Waals surface area contributed by atoms with Crippen LogP contribution in [0.25, 0.3) is 22.2 Å². The smallest absolute Gasteiger partial charge is 0.190 e. The van der Waals surface area contributed by atoms with Crippen LogP contribution in [0.3, 0.4) is 0 Å². The molecule has 0 radical (unpaired) electrons. The molecule has 0 aliphatic rings. The fraction of sp³-hybridized carbons (Fsp3) is 0. The predicted octanol–water partition coefficient (Wildman–Crippen LogP) is 3.94. The summed E-state index contributed by atoms with van der Waals surface area (Å²) in [7, 11) is 0. The number of aromatic amines is 1. The third kappa shape index (κ3) is 2.28. The van der Waals surface area contributed by atoms with Crippen molar-refractivity contribution in [3.63, 3.8) is 0 Å². The molecule has 0 atom stereocenters. The number of aromatic nitrogens is 1. The van der Waals surface area contributed by atoms with E-state index in [9.17, 15) is 9.18 Å². The molecule has 2 nitrogen and oxygen atoms in total. The zero-order valence-electron chi connectivity index (χ0n) is 9.78. The van der Waals surface area contributed by atoms with E-state index in [1.54, 1.807) is 0 Å². The Balaban J connectivity index is 2.34. The van der Waals surface area contributed by atoms with E-state index >= 15 is 0 Å². The SMILES string of the molecule is O=c1cc(-c2ccccc2)[nH]c2c(I)cc(F)cc12. The van der Waals surface area contributed by atoms with E-state index in [-0.39, 0.29) is 5.43 Å². The molecule has 0 fully saturated rings. The summed E-state index contributed by atoms with van der Waals surface area (Å²) in [6, 6.07) is 13.8. The van der Waals surface area contributed by atoms with E-state index in [2.05, 4.69) is 4.98 Å². The largest absolute Gasteiger partial charge is 0.353 e. The van der Waals surface area contributed by atoms with Gasteiger partial charge in [-0.1, -0.05) is 30.3 Å².